The van der Waals surface area contributed by atoms with Crippen LogP contribution in [0.25, 0.3) is 0 Å². The second-order valence-electron chi connectivity index (χ2n) is 4.06. The summed E-state index contributed by atoms with van der Waals surface area (Å²) in [4.78, 5) is 2.41. The van der Waals surface area contributed by atoms with Gasteiger partial charge in [-0.25, -0.2) is 0 Å². The summed E-state index contributed by atoms with van der Waals surface area (Å²) in [5.41, 5.74) is 2.58. The molecule has 0 aromatic carbocycles. The number of hydrogen-bond acceptors (Lipinski definition) is 1. The minimum atomic E-state index is 1.06. The lowest BCUT2D eigenvalue weighted by Gasteiger charge is -2.25. The zero-order valence-corrected chi connectivity index (χ0v) is 11.4. The molecule has 1 heteroatoms. The molecular formula is C15H27N. The lowest BCUT2D eigenvalue weighted by atomic mass is 10.1. The van der Waals surface area contributed by atoms with Gasteiger partial charge in [-0.2, -0.15) is 0 Å². The summed E-state index contributed by atoms with van der Waals surface area (Å²) in [6.07, 6.45) is 10.1. The number of nitrogens with zero attached hydrogens (tertiary/aromatic N) is 1. The van der Waals surface area contributed by atoms with E-state index in [1.165, 1.54) is 30.5 Å². The van der Waals surface area contributed by atoms with Crippen LogP contribution in [0, 0.1) is 0 Å². The van der Waals surface area contributed by atoms with E-state index in [-0.39, 0.29) is 0 Å². The average molecular weight is 221 g/mol. The molecule has 0 aromatic heterocycles. The summed E-state index contributed by atoms with van der Waals surface area (Å²) in [5, 5.41) is 0. The highest BCUT2D eigenvalue weighted by Crippen LogP contribution is 2.14. The van der Waals surface area contributed by atoms with Crippen molar-refractivity contribution in [2.24, 2.45) is 0 Å². The van der Waals surface area contributed by atoms with Gasteiger partial charge in [-0.3, -0.25) is 0 Å². The topological polar surface area (TPSA) is 3.24 Å². The number of hydrogen-bond donors (Lipinski definition) is 0. The van der Waals surface area contributed by atoms with Crippen molar-refractivity contribution in [3.63, 3.8) is 0 Å². The van der Waals surface area contributed by atoms with Crippen LogP contribution in [0.1, 0.15) is 47.0 Å². The highest BCUT2D eigenvalue weighted by molar-refractivity contribution is 5.29. The smallest absolute Gasteiger partial charge is 0.0389 e. The van der Waals surface area contributed by atoms with Crippen molar-refractivity contribution < 1.29 is 0 Å². The highest BCUT2D eigenvalue weighted by atomic mass is 15.1. The van der Waals surface area contributed by atoms with E-state index in [0.717, 1.165) is 13.1 Å². The van der Waals surface area contributed by atoms with Crippen molar-refractivity contribution in [2.45, 2.75) is 47.0 Å². The van der Waals surface area contributed by atoms with Gasteiger partial charge in [0.2, 0.25) is 0 Å². The molecule has 1 nitrogen and oxygen atoms in total. The van der Waals surface area contributed by atoms with Crippen molar-refractivity contribution in [2.75, 3.05) is 13.1 Å². The van der Waals surface area contributed by atoms with E-state index in [1.807, 2.05) is 6.08 Å². The summed E-state index contributed by atoms with van der Waals surface area (Å²) in [7, 11) is 0. The third-order valence-electron chi connectivity index (χ3n) is 2.77. The number of allylic oxidation sites excluding steroid dienone is 4. The van der Waals surface area contributed by atoms with E-state index >= 15 is 0 Å². The highest BCUT2D eigenvalue weighted by Gasteiger charge is 2.05. The van der Waals surface area contributed by atoms with Gasteiger partial charge >= 0.3 is 0 Å². The van der Waals surface area contributed by atoms with Crippen molar-refractivity contribution in [3.05, 3.63) is 36.1 Å². The van der Waals surface area contributed by atoms with Crippen molar-refractivity contribution in [1.82, 2.24) is 4.90 Å². The Labute approximate surface area is 102 Å². The van der Waals surface area contributed by atoms with E-state index in [9.17, 15) is 0 Å². The molecule has 0 radical (unpaired) electrons. The second-order valence-corrected chi connectivity index (χ2v) is 4.06. The maximum atomic E-state index is 3.93. The first kappa shape index (κ1) is 15.0. The number of likely N-dealkylation sites (N-methyl/N-ethyl adjacent to an activating group) is 1. The molecule has 0 aliphatic rings. The fourth-order valence-corrected chi connectivity index (χ4v) is 1.88. The van der Waals surface area contributed by atoms with Gasteiger partial charge in [-0.15, -0.1) is 0 Å². The number of rotatable bonds is 8. The van der Waals surface area contributed by atoms with Crippen LogP contribution >= 0.6 is 0 Å². The summed E-state index contributed by atoms with van der Waals surface area (Å²) in [6, 6.07) is 0. The van der Waals surface area contributed by atoms with Crippen LogP contribution in [0.3, 0.4) is 0 Å². The van der Waals surface area contributed by atoms with E-state index in [2.05, 4.69) is 51.3 Å². The van der Waals surface area contributed by atoms with E-state index < -0.39 is 0 Å². The molecule has 0 unspecified atom stereocenters. The maximum absolute atomic E-state index is 3.93. The molecule has 92 valence electrons. The van der Waals surface area contributed by atoms with Crippen molar-refractivity contribution >= 4 is 0 Å². The molecular weight excluding hydrogens is 194 g/mol. The van der Waals surface area contributed by atoms with Gasteiger partial charge in [0.15, 0.2) is 0 Å². The molecule has 0 saturated carbocycles. The van der Waals surface area contributed by atoms with Crippen molar-refractivity contribution in [1.29, 1.82) is 0 Å². The average Bonchev–Trinajstić information content (AvgIpc) is 2.28. The molecule has 0 heterocycles. The molecule has 0 aromatic rings. The fourth-order valence-electron chi connectivity index (χ4n) is 1.88. The predicted molar refractivity (Wildman–Crippen MR) is 74.5 cm³/mol. The van der Waals surface area contributed by atoms with E-state index in [1.54, 1.807) is 0 Å². The molecule has 0 atom stereocenters. The van der Waals surface area contributed by atoms with Crippen LogP contribution in [-0.2, 0) is 0 Å². The predicted octanol–water partition coefficient (Wildman–Crippen LogP) is 4.53. The molecule has 0 aliphatic heterocycles. The van der Waals surface area contributed by atoms with Crippen LogP contribution in [-0.4, -0.2) is 18.0 Å². The van der Waals surface area contributed by atoms with Crippen molar-refractivity contribution in [3.8, 4) is 0 Å². The van der Waals surface area contributed by atoms with Crippen LogP contribution in [0.15, 0.2) is 36.1 Å². The Bertz CT molecular complexity index is 248. The largest absolute Gasteiger partial charge is 0.372 e. The van der Waals surface area contributed by atoms with Gasteiger partial charge in [0.25, 0.3) is 0 Å². The first-order valence-electron chi connectivity index (χ1n) is 6.42. The molecule has 0 fully saturated rings. The SMILES string of the molecule is C=C/C(=C(C)\C=C/C)N(CC)CCCCC. The summed E-state index contributed by atoms with van der Waals surface area (Å²) >= 11 is 0. The molecule has 0 N–H and O–H groups in total. The fraction of sp³-hybridized carbons (Fsp3) is 0.600. The molecule has 0 aliphatic carbocycles. The van der Waals surface area contributed by atoms with Gasteiger partial charge in [-0.05, 0) is 38.8 Å². The van der Waals surface area contributed by atoms with Gasteiger partial charge in [0.1, 0.15) is 0 Å². The monoisotopic (exact) mass is 221 g/mol. The molecule has 0 bridgehead atoms. The van der Waals surface area contributed by atoms with E-state index in [0.29, 0.717) is 0 Å². The Hall–Kier alpha value is -0.980. The van der Waals surface area contributed by atoms with Crippen LogP contribution in [0.4, 0.5) is 0 Å². The summed E-state index contributed by atoms with van der Waals surface area (Å²) in [5.74, 6) is 0. The normalized spacial score (nSPS) is 12.8. The Kier molecular flexibility index (Phi) is 8.69. The third kappa shape index (κ3) is 5.20. The van der Waals surface area contributed by atoms with Gasteiger partial charge in [-0.1, -0.05) is 38.5 Å². The minimum Gasteiger partial charge on any atom is -0.372 e. The zero-order valence-electron chi connectivity index (χ0n) is 11.4. The van der Waals surface area contributed by atoms with Crippen LogP contribution in [0.5, 0.6) is 0 Å². The lowest BCUT2D eigenvalue weighted by Crippen LogP contribution is -2.23. The Morgan fingerprint density at radius 2 is 1.94 bits per heavy atom. The second kappa shape index (κ2) is 9.26. The molecule has 0 amide bonds. The Morgan fingerprint density at radius 3 is 2.38 bits per heavy atom. The molecule has 0 saturated heterocycles. The third-order valence-corrected chi connectivity index (χ3v) is 2.77. The van der Waals surface area contributed by atoms with Gasteiger partial charge < -0.3 is 4.90 Å². The van der Waals surface area contributed by atoms with Crippen LogP contribution < -0.4 is 0 Å². The number of unbranched alkanes of at least 4 members (excludes halogenated alkanes) is 2. The zero-order chi connectivity index (χ0) is 12.4. The summed E-state index contributed by atoms with van der Waals surface area (Å²) < 4.78 is 0. The summed E-state index contributed by atoms with van der Waals surface area (Å²) in [6.45, 7) is 14.8. The first-order chi connectivity index (χ1) is 7.71. The lowest BCUT2D eigenvalue weighted by molar-refractivity contribution is 0.359. The molecule has 0 rings (SSSR count). The van der Waals surface area contributed by atoms with Gasteiger partial charge in [0, 0.05) is 18.8 Å². The molecule has 0 spiro atoms. The standard InChI is InChI=1S/C15H27N/c1-6-10-11-13-16(9-4)15(8-3)14(5)12-7-2/h7-8,12H,3,6,9-11,13H2,1-2,4-5H3/b12-7-,15-14+. The van der Waals surface area contributed by atoms with Gasteiger partial charge in [0.05, 0.1) is 0 Å². The van der Waals surface area contributed by atoms with E-state index in [4.69, 9.17) is 0 Å². The maximum Gasteiger partial charge on any atom is 0.0389 e. The Balaban J connectivity index is 4.62. The first-order valence-corrected chi connectivity index (χ1v) is 6.42. The minimum absolute atomic E-state index is 1.06. The van der Waals surface area contributed by atoms with Crippen LogP contribution in [0.2, 0.25) is 0 Å². The quantitative estimate of drug-likeness (QED) is 0.430. The Morgan fingerprint density at radius 1 is 1.25 bits per heavy atom. The molecule has 16 heavy (non-hydrogen) atoms.